The number of aliphatic hydroxyl groups is 1. The zero-order chi connectivity index (χ0) is 12.8. The van der Waals surface area contributed by atoms with Crippen LogP contribution in [-0.4, -0.2) is 23.7 Å². The zero-order valence-corrected chi connectivity index (χ0v) is 11.1. The van der Waals surface area contributed by atoms with E-state index in [1.54, 1.807) is 19.1 Å². The first kappa shape index (κ1) is 14.3. The van der Waals surface area contributed by atoms with E-state index < -0.39 is 0 Å². The van der Waals surface area contributed by atoms with Crippen LogP contribution in [0.5, 0.6) is 0 Å². The van der Waals surface area contributed by atoms with Gasteiger partial charge in [0, 0.05) is 11.6 Å². The van der Waals surface area contributed by atoms with E-state index >= 15 is 0 Å². The second-order valence-electron chi connectivity index (χ2n) is 3.87. The first-order chi connectivity index (χ1) is 8.00. The molecule has 0 aliphatic heterocycles. The molecule has 17 heavy (non-hydrogen) atoms. The van der Waals surface area contributed by atoms with Crippen LogP contribution in [0.2, 0.25) is 10.0 Å². The maximum Gasteiger partial charge on any atom is 0.252 e. The maximum atomic E-state index is 11.7. The molecule has 3 nitrogen and oxygen atoms in total. The van der Waals surface area contributed by atoms with E-state index in [1.165, 1.54) is 6.07 Å². The van der Waals surface area contributed by atoms with E-state index in [0.717, 1.165) is 6.42 Å². The molecule has 5 heteroatoms. The summed E-state index contributed by atoms with van der Waals surface area (Å²) < 4.78 is 0. The van der Waals surface area contributed by atoms with Crippen molar-refractivity contribution in [3.8, 4) is 0 Å². The van der Waals surface area contributed by atoms with E-state index in [2.05, 4.69) is 5.32 Å². The number of rotatable bonds is 5. The summed E-state index contributed by atoms with van der Waals surface area (Å²) in [4.78, 5) is 11.7. The summed E-state index contributed by atoms with van der Waals surface area (Å²) in [7, 11) is 0. The highest BCUT2D eigenvalue weighted by Gasteiger charge is 2.09. The molecule has 1 rings (SSSR count). The molecule has 0 fully saturated rings. The Kier molecular flexibility index (Phi) is 5.75. The van der Waals surface area contributed by atoms with Crippen molar-refractivity contribution < 1.29 is 9.90 Å². The summed E-state index contributed by atoms with van der Waals surface area (Å²) in [6.07, 6.45) is 1.05. The van der Waals surface area contributed by atoms with Gasteiger partial charge in [-0.25, -0.2) is 0 Å². The molecule has 0 saturated heterocycles. The van der Waals surface area contributed by atoms with Gasteiger partial charge in [-0.05, 0) is 38.0 Å². The standard InChI is InChI=1S/C12H15Cl2NO2/c1-8(16)3-2-6-15-12(17)10-5-4-9(13)7-11(10)14/h4-5,7-8,16H,2-3,6H2,1H3,(H,15,17). The fraction of sp³-hybridized carbons (Fsp3) is 0.417. The number of carbonyl (C=O) groups is 1. The van der Waals surface area contributed by atoms with Crippen molar-refractivity contribution in [1.29, 1.82) is 0 Å². The molecule has 0 saturated carbocycles. The first-order valence-corrected chi connectivity index (χ1v) is 6.17. The number of aliphatic hydroxyl groups excluding tert-OH is 1. The minimum Gasteiger partial charge on any atom is -0.393 e. The molecule has 0 aromatic heterocycles. The second-order valence-corrected chi connectivity index (χ2v) is 4.71. The molecule has 1 amide bonds. The van der Waals surface area contributed by atoms with Gasteiger partial charge in [-0.1, -0.05) is 23.2 Å². The highest BCUT2D eigenvalue weighted by Crippen LogP contribution is 2.20. The summed E-state index contributed by atoms with van der Waals surface area (Å²) in [5, 5.41) is 12.6. The first-order valence-electron chi connectivity index (χ1n) is 5.42. The van der Waals surface area contributed by atoms with Crippen LogP contribution in [0.25, 0.3) is 0 Å². The van der Waals surface area contributed by atoms with Crippen LogP contribution < -0.4 is 5.32 Å². The van der Waals surface area contributed by atoms with Gasteiger partial charge < -0.3 is 10.4 Å². The van der Waals surface area contributed by atoms with Crippen molar-refractivity contribution in [2.24, 2.45) is 0 Å². The van der Waals surface area contributed by atoms with Crippen LogP contribution in [0.1, 0.15) is 30.1 Å². The Bertz CT molecular complexity index is 394. The normalized spacial score (nSPS) is 12.2. The predicted molar refractivity (Wildman–Crippen MR) is 69.7 cm³/mol. The lowest BCUT2D eigenvalue weighted by Gasteiger charge is -2.07. The summed E-state index contributed by atoms with van der Waals surface area (Å²) in [5.74, 6) is -0.225. The Balaban J connectivity index is 2.47. The summed E-state index contributed by atoms with van der Waals surface area (Å²) in [6.45, 7) is 2.24. The number of carbonyl (C=O) groups excluding carboxylic acids is 1. The highest BCUT2D eigenvalue weighted by atomic mass is 35.5. The van der Waals surface area contributed by atoms with E-state index in [4.69, 9.17) is 28.3 Å². The lowest BCUT2D eigenvalue weighted by atomic mass is 10.2. The van der Waals surface area contributed by atoms with Gasteiger partial charge in [-0.2, -0.15) is 0 Å². The molecule has 1 aromatic carbocycles. The van der Waals surface area contributed by atoms with Crippen molar-refractivity contribution >= 4 is 29.1 Å². The average Bonchev–Trinajstić information content (AvgIpc) is 2.23. The number of nitrogens with one attached hydrogen (secondary N) is 1. The van der Waals surface area contributed by atoms with Gasteiger partial charge in [-0.3, -0.25) is 4.79 Å². The fourth-order valence-electron chi connectivity index (χ4n) is 1.37. The van der Waals surface area contributed by atoms with Crippen LogP contribution >= 0.6 is 23.2 Å². The van der Waals surface area contributed by atoms with Gasteiger partial charge in [0.2, 0.25) is 0 Å². The Morgan fingerprint density at radius 2 is 2.18 bits per heavy atom. The van der Waals surface area contributed by atoms with Crippen LogP contribution in [0.4, 0.5) is 0 Å². The molecule has 0 aliphatic rings. The number of amides is 1. The molecule has 94 valence electrons. The van der Waals surface area contributed by atoms with Gasteiger partial charge in [0.15, 0.2) is 0 Å². The molecule has 0 heterocycles. The fourth-order valence-corrected chi connectivity index (χ4v) is 1.86. The third-order valence-electron chi connectivity index (χ3n) is 2.26. The molecule has 2 N–H and O–H groups in total. The highest BCUT2D eigenvalue weighted by molar-refractivity contribution is 6.36. The smallest absolute Gasteiger partial charge is 0.252 e. The van der Waals surface area contributed by atoms with Crippen molar-refractivity contribution in [1.82, 2.24) is 5.32 Å². The second kappa shape index (κ2) is 6.84. The SMILES string of the molecule is CC(O)CCCNC(=O)c1ccc(Cl)cc1Cl. The van der Waals surface area contributed by atoms with Crippen LogP contribution in [-0.2, 0) is 0 Å². The van der Waals surface area contributed by atoms with E-state index in [1.807, 2.05) is 0 Å². The van der Waals surface area contributed by atoms with Crippen LogP contribution in [0.3, 0.4) is 0 Å². The van der Waals surface area contributed by atoms with Gasteiger partial charge in [-0.15, -0.1) is 0 Å². The Labute approximate surface area is 111 Å². The number of halogens is 2. The van der Waals surface area contributed by atoms with Crippen LogP contribution in [0, 0.1) is 0 Å². The van der Waals surface area contributed by atoms with Gasteiger partial charge in [0.05, 0.1) is 16.7 Å². The average molecular weight is 276 g/mol. The largest absolute Gasteiger partial charge is 0.393 e. The van der Waals surface area contributed by atoms with Crippen LogP contribution in [0.15, 0.2) is 18.2 Å². The number of hydrogen-bond donors (Lipinski definition) is 2. The lowest BCUT2D eigenvalue weighted by Crippen LogP contribution is -2.25. The minimum atomic E-state index is -0.342. The Morgan fingerprint density at radius 1 is 1.47 bits per heavy atom. The molecular weight excluding hydrogens is 261 g/mol. The van der Waals surface area contributed by atoms with E-state index in [9.17, 15) is 4.79 Å². The molecule has 0 radical (unpaired) electrons. The summed E-state index contributed by atoms with van der Waals surface area (Å²) in [5.41, 5.74) is 0.410. The van der Waals surface area contributed by atoms with Crippen molar-refractivity contribution in [3.63, 3.8) is 0 Å². The van der Waals surface area contributed by atoms with Crippen molar-refractivity contribution in [2.75, 3.05) is 6.54 Å². The van der Waals surface area contributed by atoms with Crippen molar-refractivity contribution in [2.45, 2.75) is 25.9 Å². The molecule has 0 aliphatic carbocycles. The van der Waals surface area contributed by atoms with Gasteiger partial charge in [0.1, 0.15) is 0 Å². The molecule has 1 atom stereocenters. The Morgan fingerprint density at radius 3 is 2.76 bits per heavy atom. The molecule has 0 spiro atoms. The van der Waals surface area contributed by atoms with Crippen molar-refractivity contribution in [3.05, 3.63) is 33.8 Å². The summed E-state index contributed by atoms with van der Waals surface area (Å²) >= 11 is 11.6. The lowest BCUT2D eigenvalue weighted by molar-refractivity contribution is 0.0950. The quantitative estimate of drug-likeness (QED) is 0.812. The molecule has 1 aromatic rings. The molecule has 1 unspecified atom stereocenters. The van der Waals surface area contributed by atoms with E-state index in [-0.39, 0.29) is 12.0 Å². The molecule has 0 bridgehead atoms. The number of benzene rings is 1. The maximum absolute atomic E-state index is 11.7. The monoisotopic (exact) mass is 275 g/mol. The zero-order valence-electron chi connectivity index (χ0n) is 9.54. The minimum absolute atomic E-state index is 0.225. The predicted octanol–water partition coefficient (Wildman–Crippen LogP) is 2.88. The van der Waals surface area contributed by atoms with Gasteiger partial charge in [0.25, 0.3) is 5.91 Å². The van der Waals surface area contributed by atoms with E-state index in [0.29, 0.717) is 28.6 Å². The Hall–Kier alpha value is -0.770. The van der Waals surface area contributed by atoms with Gasteiger partial charge >= 0.3 is 0 Å². The summed E-state index contributed by atoms with van der Waals surface area (Å²) in [6, 6.07) is 4.75. The molecular formula is C12H15Cl2NO2. The topological polar surface area (TPSA) is 49.3 Å². The third-order valence-corrected chi connectivity index (χ3v) is 2.81. The number of hydrogen-bond acceptors (Lipinski definition) is 2. The third kappa shape index (κ3) is 4.94.